The Morgan fingerprint density at radius 3 is 2.58 bits per heavy atom. The molecule has 6 heteroatoms. The van der Waals surface area contributed by atoms with Gasteiger partial charge in [0, 0.05) is 22.8 Å². The van der Waals surface area contributed by atoms with Gasteiger partial charge < -0.3 is 9.84 Å². The van der Waals surface area contributed by atoms with Crippen molar-refractivity contribution in [1.29, 1.82) is 0 Å². The molecule has 2 aromatic heterocycles. The summed E-state index contributed by atoms with van der Waals surface area (Å²) in [4.78, 5) is 12.1. The number of amides is 1. The molecule has 2 heterocycles. The highest BCUT2D eigenvalue weighted by molar-refractivity contribution is 6.02. The number of aromatic nitrogens is 3. The summed E-state index contributed by atoms with van der Waals surface area (Å²) in [5.41, 5.74) is 5.21. The fourth-order valence-electron chi connectivity index (χ4n) is 2.93. The van der Waals surface area contributed by atoms with Crippen molar-refractivity contribution >= 4 is 22.5 Å². The molecule has 130 valence electrons. The van der Waals surface area contributed by atoms with Crippen molar-refractivity contribution in [1.82, 2.24) is 15.4 Å². The molecule has 0 saturated heterocycles. The molecule has 0 unspecified atom stereocenters. The van der Waals surface area contributed by atoms with E-state index in [1.54, 1.807) is 13.0 Å². The van der Waals surface area contributed by atoms with Crippen LogP contribution in [-0.4, -0.2) is 21.3 Å². The van der Waals surface area contributed by atoms with E-state index in [0.717, 1.165) is 34.1 Å². The average Bonchev–Trinajstić information content (AvgIpc) is 3.27. The van der Waals surface area contributed by atoms with Gasteiger partial charge in [-0.15, -0.1) is 0 Å². The lowest BCUT2D eigenvalue weighted by Crippen LogP contribution is -2.11. The summed E-state index contributed by atoms with van der Waals surface area (Å²) in [5, 5.41) is 15.1. The molecule has 26 heavy (non-hydrogen) atoms. The number of benzene rings is 2. The number of rotatable bonds is 4. The van der Waals surface area contributed by atoms with Gasteiger partial charge in [0.05, 0.1) is 5.52 Å². The molecule has 0 aliphatic rings. The molecule has 4 rings (SSSR count). The molecule has 2 aromatic carbocycles. The molecule has 0 aliphatic carbocycles. The zero-order valence-corrected chi connectivity index (χ0v) is 14.5. The van der Waals surface area contributed by atoms with E-state index in [1.165, 1.54) is 0 Å². The van der Waals surface area contributed by atoms with Crippen LogP contribution in [0.25, 0.3) is 22.0 Å². The molecule has 0 saturated carbocycles. The number of aryl methyl sites for hydroxylation is 2. The molecule has 0 aliphatic heterocycles. The first-order valence-electron chi connectivity index (χ1n) is 8.46. The summed E-state index contributed by atoms with van der Waals surface area (Å²) in [6.07, 6.45) is 0.926. The molecule has 2 N–H and O–H groups in total. The summed E-state index contributed by atoms with van der Waals surface area (Å²) >= 11 is 0. The Morgan fingerprint density at radius 1 is 1.12 bits per heavy atom. The maximum Gasteiger partial charge on any atom is 0.277 e. The highest BCUT2D eigenvalue weighted by atomic mass is 16.5. The lowest BCUT2D eigenvalue weighted by atomic mass is 10.0. The number of hydrogen-bond donors (Lipinski definition) is 2. The second-order valence-corrected chi connectivity index (χ2v) is 6.14. The normalized spacial score (nSPS) is 11.0. The van der Waals surface area contributed by atoms with Crippen molar-refractivity contribution in [3.8, 4) is 11.1 Å². The summed E-state index contributed by atoms with van der Waals surface area (Å²) in [6.45, 7) is 3.85. The fraction of sp³-hybridized carbons (Fsp3) is 0.150. The van der Waals surface area contributed by atoms with Gasteiger partial charge in [0.15, 0.2) is 5.69 Å². The molecule has 4 aromatic rings. The predicted octanol–water partition coefficient (Wildman–Crippen LogP) is 4.34. The third-order valence-electron chi connectivity index (χ3n) is 4.32. The van der Waals surface area contributed by atoms with E-state index in [0.29, 0.717) is 11.4 Å². The van der Waals surface area contributed by atoms with Gasteiger partial charge >= 0.3 is 0 Å². The van der Waals surface area contributed by atoms with Gasteiger partial charge in [-0.1, -0.05) is 36.3 Å². The molecule has 0 fully saturated rings. The molecule has 0 bridgehead atoms. The molecule has 0 atom stereocenters. The Hall–Kier alpha value is -3.41. The molecule has 0 radical (unpaired) electrons. The lowest BCUT2D eigenvalue weighted by Gasteiger charge is -2.06. The number of hydrogen-bond acceptors (Lipinski definition) is 4. The number of anilines is 1. The monoisotopic (exact) mass is 346 g/mol. The minimum Gasteiger partial charge on any atom is -0.361 e. The van der Waals surface area contributed by atoms with Crippen molar-refractivity contribution in [3.63, 3.8) is 0 Å². The van der Waals surface area contributed by atoms with E-state index in [-0.39, 0.29) is 11.6 Å². The summed E-state index contributed by atoms with van der Waals surface area (Å²) in [5.74, 6) is 0.310. The lowest BCUT2D eigenvalue weighted by molar-refractivity contribution is 0.101. The van der Waals surface area contributed by atoms with Gasteiger partial charge in [0.2, 0.25) is 0 Å². The molecule has 0 spiro atoms. The summed E-state index contributed by atoms with van der Waals surface area (Å²) in [6, 6.07) is 15.5. The van der Waals surface area contributed by atoms with E-state index in [9.17, 15) is 4.79 Å². The maximum absolute atomic E-state index is 12.1. The highest BCUT2D eigenvalue weighted by Gasteiger charge is 2.11. The average molecular weight is 346 g/mol. The van der Waals surface area contributed by atoms with Crippen LogP contribution in [-0.2, 0) is 6.42 Å². The Labute approximate surface area is 150 Å². The molecule has 6 nitrogen and oxygen atoms in total. The Morgan fingerprint density at radius 2 is 1.88 bits per heavy atom. The van der Waals surface area contributed by atoms with Gasteiger partial charge in [0.25, 0.3) is 5.91 Å². The van der Waals surface area contributed by atoms with Crippen LogP contribution in [0.15, 0.2) is 53.1 Å². The molecular weight excluding hydrogens is 328 g/mol. The van der Waals surface area contributed by atoms with Crippen LogP contribution in [0.2, 0.25) is 0 Å². The topological polar surface area (TPSA) is 83.8 Å². The first-order valence-corrected chi connectivity index (χ1v) is 8.46. The Balaban J connectivity index is 1.55. The zero-order valence-electron chi connectivity index (χ0n) is 14.5. The fourth-order valence-corrected chi connectivity index (χ4v) is 2.93. The largest absolute Gasteiger partial charge is 0.361 e. The predicted molar refractivity (Wildman–Crippen MR) is 100 cm³/mol. The number of carbonyl (C=O) groups is 1. The van der Waals surface area contributed by atoms with Crippen molar-refractivity contribution in [2.75, 3.05) is 5.32 Å². The number of aromatic amines is 1. The Bertz CT molecular complexity index is 1080. The van der Waals surface area contributed by atoms with Crippen molar-refractivity contribution in [3.05, 3.63) is 65.7 Å². The number of carbonyl (C=O) groups excluding carboxylic acids is 1. The number of nitrogens with zero attached hydrogens (tertiary/aromatic N) is 2. The standard InChI is InChI=1S/C20H18N4O2/c1-3-17-16-9-6-14(11-18(16)23-22-17)13-4-7-15(8-5-13)21-20(25)19-10-12(2)26-24-19/h4-11H,3H2,1-2H3,(H,21,25)(H,22,23). The number of H-pyrrole nitrogens is 1. The van der Waals surface area contributed by atoms with Crippen molar-refractivity contribution in [2.24, 2.45) is 0 Å². The molecular formula is C20H18N4O2. The van der Waals surface area contributed by atoms with Crippen LogP contribution in [0, 0.1) is 6.92 Å². The second kappa shape index (κ2) is 6.48. The van der Waals surface area contributed by atoms with Crippen LogP contribution >= 0.6 is 0 Å². The first kappa shape index (κ1) is 16.1. The minimum absolute atomic E-state index is 0.266. The summed E-state index contributed by atoms with van der Waals surface area (Å²) < 4.78 is 4.93. The minimum atomic E-state index is -0.292. The van der Waals surface area contributed by atoms with Gasteiger partial charge in [-0.05, 0) is 42.7 Å². The van der Waals surface area contributed by atoms with Gasteiger partial charge in [-0.3, -0.25) is 9.89 Å². The summed E-state index contributed by atoms with van der Waals surface area (Å²) in [7, 11) is 0. The Kier molecular flexibility index (Phi) is 4.01. The number of fused-ring (bicyclic) bond motifs is 1. The maximum atomic E-state index is 12.1. The highest BCUT2D eigenvalue weighted by Crippen LogP contribution is 2.26. The van der Waals surface area contributed by atoms with Crippen molar-refractivity contribution in [2.45, 2.75) is 20.3 Å². The van der Waals surface area contributed by atoms with Crippen LogP contribution in [0.1, 0.15) is 28.9 Å². The van der Waals surface area contributed by atoms with E-state index in [2.05, 4.69) is 45.8 Å². The third-order valence-corrected chi connectivity index (χ3v) is 4.32. The van der Waals surface area contributed by atoms with E-state index >= 15 is 0 Å². The zero-order chi connectivity index (χ0) is 18.1. The second-order valence-electron chi connectivity index (χ2n) is 6.14. The van der Waals surface area contributed by atoms with E-state index < -0.39 is 0 Å². The van der Waals surface area contributed by atoms with Crippen LogP contribution in [0.4, 0.5) is 5.69 Å². The van der Waals surface area contributed by atoms with Crippen LogP contribution in [0.3, 0.4) is 0 Å². The number of nitrogens with one attached hydrogen (secondary N) is 2. The van der Waals surface area contributed by atoms with E-state index in [1.807, 2.05) is 24.3 Å². The van der Waals surface area contributed by atoms with Crippen LogP contribution < -0.4 is 5.32 Å². The van der Waals surface area contributed by atoms with Crippen LogP contribution in [0.5, 0.6) is 0 Å². The smallest absolute Gasteiger partial charge is 0.277 e. The van der Waals surface area contributed by atoms with Gasteiger partial charge in [-0.2, -0.15) is 5.10 Å². The first-order chi connectivity index (χ1) is 12.6. The molecule has 1 amide bonds. The van der Waals surface area contributed by atoms with E-state index in [4.69, 9.17) is 4.52 Å². The van der Waals surface area contributed by atoms with Crippen molar-refractivity contribution < 1.29 is 9.32 Å². The van der Waals surface area contributed by atoms with Gasteiger partial charge in [-0.25, -0.2) is 0 Å². The quantitative estimate of drug-likeness (QED) is 0.576. The van der Waals surface area contributed by atoms with Gasteiger partial charge in [0.1, 0.15) is 5.76 Å². The SMILES string of the molecule is CCc1[nH]nc2cc(-c3ccc(NC(=O)c4cc(C)on4)cc3)ccc12. The third kappa shape index (κ3) is 2.97.